The van der Waals surface area contributed by atoms with Crippen LogP contribution in [0.25, 0.3) is 0 Å². The molecule has 0 aliphatic rings. The minimum atomic E-state index is -0.913. The molecule has 188 valence electrons. The third-order valence-corrected chi connectivity index (χ3v) is 4.66. The Bertz CT molecular complexity index is 987. The van der Waals surface area contributed by atoms with Crippen molar-refractivity contribution in [3.63, 3.8) is 0 Å². The summed E-state index contributed by atoms with van der Waals surface area (Å²) >= 11 is 11.6. The van der Waals surface area contributed by atoms with E-state index in [1.807, 2.05) is 0 Å². The van der Waals surface area contributed by atoms with E-state index in [0.29, 0.717) is 14.8 Å². The number of carbonyl (C=O) groups is 2. The Morgan fingerprint density at radius 2 is 1.26 bits per heavy atom. The lowest BCUT2D eigenvalue weighted by molar-refractivity contribution is -0.000404. The minimum absolute atomic E-state index is 0.105. The number of alkyl halides is 1. The quantitative estimate of drug-likeness (QED) is 0.260. The highest BCUT2D eigenvalue weighted by Crippen LogP contribution is 2.20. The van der Waals surface area contributed by atoms with Crippen LogP contribution in [0.15, 0.2) is 33.7 Å². The Labute approximate surface area is 219 Å². The van der Waals surface area contributed by atoms with Crippen molar-refractivity contribution in [2.45, 2.75) is 65.2 Å². The maximum atomic E-state index is 13.9. The Morgan fingerprint density at radius 1 is 0.882 bits per heavy atom. The van der Waals surface area contributed by atoms with Gasteiger partial charge < -0.3 is 9.47 Å². The lowest BCUT2D eigenvalue weighted by Gasteiger charge is -2.28. The summed E-state index contributed by atoms with van der Waals surface area (Å²) in [5.74, 6) is -0.832. The number of halogens is 5. The summed E-state index contributed by atoms with van der Waals surface area (Å²) in [6.45, 7) is 9.67. The Kier molecular flexibility index (Phi) is 11.3. The fourth-order valence-corrected chi connectivity index (χ4v) is 3.10. The third-order valence-electron chi connectivity index (χ3n) is 3.50. The van der Waals surface area contributed by atoms with Crippen LogP contribution in [0.1, 0.15) is 52.7 Å². The van der Waals surface area contributed by atoms with Crippen LogP contribution < -0.4 is 0 Å². The first-order chi connectivity index (χ1) is 15.5. The van der Waals surface area contributed by atoms with Crippen LogP contribution in [0.4, 0.5) is 18.4 Å². The zero-order chi connectivity index (χ0) is 26.3. The van der Waals surface area contributed by atoms with Gasteiger partial charge in [-0.1, -0.05) is 0 Å². The molecule has 0 aliphatic carbocycles. The minimum Gasteiger partial charge on any atom is -0.443 e. The molecule has 0 N–H and O–H groups in total. The van der Waals surface area contributed by atoms with Gasteiger partial charge in [-0.25, -0.2) is 33.2 Å². The molecule has 34 heavy (non-hydrogen) atoms. The summed E-state index contributed by atoms with van der Waals surface area (Å²) in [5.41, 5.74) is -1.05. The Balaban J connectivity index is 0.000000479. The molecule has 0 saturated heterocycles. The molecule has 2 heterocycles. The highest BCUT2D eigenvalue weighted by molar-refractivity contribution is 9.10. The highest BCUT2D eigenvalue weighted by Gasteiger charge is 2.32. The summed E-state index contributed by atoms with van der Waals surface area (Å²) in [7, 11) is 0. The summed E-state index contributed by atoms with van der Waals surface area (Å²) in [4.78, 5) is 32.8. The summed E-state index contributed by atoms with van der Waals surface area (Å²) in [6.07, 6.45) is 0.317. The molecule has 2 rings (SSSR count). The zero-order valence-electron chi connectivity index (χ0n) is 19.6. The first-order valence-corrected chi connectivity index (χ1v) is 12.0. The molecule has 2 amide bonds. The molecule has 0 atom stereocenters. The van der Waals surface area contributed by atoms with Gasteiger partial charge in [-0.3, -0.25) is 0 Å². The van der Waals surface area contributed by atoms with Crippen molar-refractivity contribution in [3.8, 4) is 0 Å². The number of nitrogens with zero attached hydrogens (tertiary/aromatic N) is 3. The number of pyridine rings is 2. The maximum absolute atomic E-state index is 13.9. The molecule has 7 nitrogen and oxygen atoms in total. The fraction of sp³-hybridized carbons (Fsp3) is 0.455. The van der Waals surface area contributed by atoms with Gasteiger partial charge in [0.1, 0.15) is 32.0 Å². The average Bonchev–Trinajstić information content (AvgIpc) is 2.68. The van der Waals surface area contributed by atoms with Gasteiger partial charge in [0.05, 0.1) is 24.8 Å². The molecule has 0 bridgehead atoms. The first-order valence-electron chi connectivity index (χ1n) is 9.91. The molecule has 12 heteroatoms. The molecule has 0 fully saturated rings. The van der Waals surface area contributed by atoms with Crippen LogP contribution in [-0.4, -0.2) is 38.3 Å². The van der Waals surface area contributed by atoms with Crippen LogP contribution in [0.5, 0.6) is 0 Å². The highest BCUT2D eigenvalue weighted by atomic mass is 79.9. The second-order valence-electron chi connectivity index (χ2n) is 8.88. The van der Waals surface area contributed by atoms with Crippen molar-refractivity contribution in [1.82, 2.24) is 14.9 Å². The van der Waals surface area contributed by atoms with Crippen LogP contribution in [0, 0.1) is 11.6 Å². The second-order valence-corrected chi connectivity index (χ2v) is 10.8. The lowest BCUT2D eigenvalue weighted by Crippen LogP contribution is -2.43. The standard InChI is InChI=1S/C16H22BrFN2O4.C6H4BrClFN/c1-15(2,3)23-13(21)20(14(22)24-16(4,5)6)9-10-7-12(17)19-8-11(10)18;7-6-1-4(2-8)5(9)3-10-6/h7-8H,9H2,1-6H3;1,3H,2H2. The van der Waals surface area contributed by atoms with Crippen LogP contribution >= 0.6 is 43.5 Å². The number of imide groups is 1. The molecule has 2 aromatic rings. The number of rotatable bonds is 3. The largest absolute Gasteiger partial charge is 0.443 e. The van der Waals surface area contributed by atoms with E-state index in [1.54, 1.807) is 47.6 Å². The van der Waals surface area contributed by atoms with Crippen LogP contribution in [0.3, 0.4) is 0 Å². The molecule has 0 radical (unpaired) electrons. The van der Waals surface area contributed by atoms with E-state index < -0.39 is 29.2 Å². The molecule has 0 saturated carbocycles. The van der Waals surface area contributed by atoms with Crippen molar-refractivity contribution in [3.05, 3.63) is 56.5 Å². The number of aromatic nitrogens is 2. The smallest absolute Gasteiger partial charge is 0.420 e. The average molecular weight is 630 g/mol. The number of amides is 2. The topological polar surface area (TPSA) is 81.6 Å². The summed E-state index contributed by atoms with van der Waals surface area (Å²) < 4.78 is 37.9. The second kappa shape index (κ2) is 12.7. The molecular weight excluding hydrogens is 604 g/mol. The predicted octanol–water partition coefficient (Wildman–Crippen LogP) is 7.38. The van der Waals surface area contributed by atoms with Gasteiger partial charge in [-0.05, 0) is 85.5 Å². The molecule has 0 aliphatic heterocycles. The van der Waals surface area contributed by atoms with Crippen molar-refractivity contribution < 1.29 is 27.8 Å². The third kappa shape index (κ3) is 11.1. The van der Waals surface area contributed by atoms with E-state index in [9.17, 15) is 18.4 Å². The normalized spacial score (nSPS) is 11.3. The van der Waals surface area contributed by atoms with E-state index in [0.717, 1.165) is 17.3 Å². The number of carbonyl (C=O) groups excluding carboxylic acids is 2. The van der Waals surface area contributed by atoms with Crippen molar-refractivity contribution in [2.75, 3.05) is 0 Å². The zero-order valence-corrected chi connectivity index (χ0v) is 23.5. The summed E-state index contributed by atoms with van der Waals surface area (Å²) in [5, 5.41) is 0. The number of ether oxygens (including phenoxy) is 2. The number of hydrogen-bond donors (Lipinski definition) is 0. The predicted molar refractivity (Wildman–Crippen MR) is 131 cm³/mol. The summed E-state index contributed by atoms with van der Waals surface area (Å²) in [6, 6.07) is 2.94. The van der Waals surface area contributed by atoms with Gasteiger partial charge in [-0.15, -0.1) is 11.6 Å². The van der Waals surface area contributed by atoms with Gasteiger partial charge >= 0.3 is 12.2 Å². The van der Waals surface area contributed by atoms with E-state index in [4.69, 9.17) is 21.1 Å². The van der Waals surface area contributed by atoms with E-state index in [1.165, 1.54) is 6.07 Å². The fourth-order valence-electron chi connectivity index (χ4n) is 2.13. The molecule has 0 unspecified atom stereocenters. The van der Waals surface area contributed by atoms with Gasteiger partial charge in [0.15, 0.2) is 0 Å². The lowest BCUT2D eigenvalue weighted by atomic mass is 10.2. The molecule has 0 aromatic carbocycles. The SMILES string of the molecule is CC(C)(C)OC(=O)N(Cc1cc(Br)ncc1F)C(=O)OC(C)(C)C.Fc1cnc(Br)cc1CCl. The Morgan fingerprint density at radius 3 is 1.62 bits per heavy atom. The maximum Gasteiger partial charge on any atom is 0.420 e. The number of hydrogen-bond acceptors (Lipinski definition) is 6. The van der Waals surface area contributed by atoms with Gasteiger partial charge in [-0.2, -0.15) is 0 Å². The van der Waals surface area contributed by atoms with Crippen molar-refractivity contribution in [1.29, 1.82) is 0 Å². The monoisotopic (exact) mass is 627 g/mol. The van der Waals surface area contributed by atoms with E-state index in [2.05, 4.69) is 41.8 Å². The van der Waals surface area contributed by atoms with E-state index >= 15 is 0 Å². The van der Waals surface area contributed by atoms with Crippen LogP contribution in [-0.2, 0) is 21.9 Å². The van der Waals surface area contributed by atoms with E-state index in [-0.39, 0.29) is 23.8 Å². The van der Waals surface area contributed by atoms with Gasteiger partial charge in [0, 0.05) is 11.1 Å². The van der Waals surface area contributed by atoms with Crippen molar-refractivity contribution in [2.24, 2.45) is 0 Å². The van der Waals surface area contributed by atoms with Gasteiger partial charge in [0.2, 0.25) is 0 Å². The molecule has 2 aromatic heterocycles. The van der Waals surface area contributed by atoms with Crippen LogP contribution in [0.2, 0.25) is 0 Å². The van der Waals surface area contributed by atoms with Gasteiger partial charge in [0.25, 0.3) is 0 Å². The Hall–Kier alpha value is -1.85. The first kappa shape index (κ1) is 30.2. The van der Waals surface area contributed by atoms with Crippen molar-refractivity contribution >= 4 is 55.6 Å². The molecular formula is C22H26Br2ClF2N3O4. The molecule has 0 spiro atoms.